The van der Waals surface area contributed by atoms with E-state index in [0.29, 0.717) is 11.7 Å². The number of hydrogen-bond donors (Lipinski definition) is 1. The highest BCUT2D eigenvalue weighted by molar-refractivity contribution is 7.19. The van der Waals surface area contributed by atoms with Crippen LogP contribution in [-0.2, 0) is 11.2 Å². The van der Waals surface area contributed by atoms with Crippen molar-refractivity contribution in [3.63, 3.8) is 0 Å². The molecule has 0 amide bonds. The van der Waals surface area contributed by atoms with Crippen LogP contribution < -0.4 is 0 Å². The van der Waals surface area contributed by atoms with Gasteiger partial charge in [-0.3, -0.25) is 0 Å². The van der Waals surface area contributed by atoms with Crippen LogP contribution in [0.25, 0.3) is 21.9 Å². The highest BCUT2D eigenvalue weighted by Gasteiger charge is 2.25. The number of aryl methyl sites for hydroxylation is 1. The number of carbonyl (C=O) groups is 1. The van der Waals surface area contributed by atoms with Gasteiger partial charge in [-0.2, -0.15) is 0 Å². The molecule has 1 atom stereocenters. The quantitative estimate of drug-likeness (QED) is 0.736. The van der Waals surface area contributed by atoms with Gasteiger partial charge in [0, 0.05) is 11.0 Å². The van der Waals surface area contributed by atoms with Crippen molar-refractivity contribution in [1.82, 2.24) is 19.6 Å². The Kier molecular flexibility index (Phi) is 2.97. The Labute approximate surface area is 130 Å². The van der Waals surface area contributed by atoms with Crippen LogP contribution >= 0.6 is 11.3 Å². The number of fused-ring (bicyclic) bond motifs is 5. The van der Waals surface area contributed by atoms with Gasteiger partial charge in [-0.05, 0) is 36.8 Å². The SMILES string of the molecule is C[C@@H]1CCCc2sc3ncn4nc(/C=C/C(=O)O)nc4c3c21. The van der Waals surface area contributed by atoms with Crippen LogP contribution in [0.4, 0.5) is 0 Å². The summed E-state index contributed by atoms with van der Waals surface area (Å²) in [5.74, 6) is -0.121. The highest BCUT2D eigenvalue weighted by Crippen LogP contribution is 2.42. The van der Waals surface area contributed by atoms with Gasteiger partial charge >= 0.3 is 5.97 Å². The second kappa shape index (κ2) is 4.88. The summed E-state index contributed by atoms with van der Waals surface area (Å²) in [7, 11) is 0. The molecule has 0 unspecified atom stereocenters. The average Bonchev–Trinajstić information content (AvgIpc) is 3.05. The van der Waals surface area contributed by atoms with Crippen molar-refractivity contribution < 1.29 is 9.90 Å². The van der Waals surface area contributed by atoms with E-state index in [2.05, 4.69) is 22.0 Å². The molecule has 22 heavy (non-hydrogen) atoms. The summed E-state index contributed by atoms with van der Waals surface area (Å²) in [5.41, 5.74) is 2.12. The largest absolute Gasteiger partial charge is 0.478 e. The summed E-state index contributed by atoms with van der Waals surface area (Å²) >= 11 is 1.74. The summed E-state index contributed by atoms with van der Waals surface area (Å²) < 4.78 is 1.64. The molecule has 0 aromatic carbocycles. The van der Waals surface area contributed by atoms with Crippen LogP contribution in [0.5, 0.6) is 0 Å². The fourth-order valence-corrected chi connectivity index (χ4v) is 4.41. The van der Waals surface area contributed by atoms with Crippen molar-refractivity contribution in [2.75, 3.05) is 0 Å². The highest BCUT2D eigenvalue weighted by atomic mass is 32.1. The number of aliphatic carboxylic acids is 1. The minimum Gasteiger partial charge on any atom is -0.478 e. The standard InChI is InChI=1S/C15H14N4O2S/c1-8-3-2-4-9-12(8)13-14-17-10(5-6-11(20)21)18-19(14)7-16-15(13)22-9/h5-8H,2-4H2,1H3,(H,20,21)/b6-5+/t8-/m1/s1. The zero-order valence-corrected chi connectivity index (χ0v) is 12.8. The molecule has 3 aromatic heterocycles. The maximum Gasteiger partial charge on any atom is 0.328 e. The lowest BCUT2D eigenvalue weighted by molar-refractivity contribution is -0.131. The molecule has 0 fully saturated rings. The minimum atomic E-state index is -1.01. The first kappa shape index (κ1) is 13.4. The molecule has 4 rings (SSSR count). The van der Waals surface area contributed by atoms with Crippen LogP contribution in [0.3, 0.4) is 0 Å². The van der Waals surface area contributed by atoms with Gasteiger partial charge in [-0.1, -0.05) is 6.92 Å². The number of nitrogens with zero attached hydrogens (tertiary/aromatic N) is 4. The van der Waals surface area contributed by atoms with Gasteiger partial charge < -0.3 is 5.11 Å². The molecule has 1 aliphatic carbocycles. The first-order valence-electron chi connectivity index (χ1n) is 7.21. The number of hydrogen-bond acceptors (Lipinski definition) is 5. The van der Waals surface area contributed by atoms with E-state index in [0.717, 1.165) is 28.4 Å². The molecule has 0 saturated carbocycles. The Hall–Kier alpha value is -2.28. The van der Waals surface area contributed by atoms with Gasteiger partial charge in [0.25, 0.3) is 0 Å². The lowest BCUT2D eigenvalue weighted by atomic mass is 9.87. The first-order valence-corrected chi connectivity index (χ1v) is 8.03. The van der Waals surface area contributed by atoms with Crippen molar-refractivity contribution in [2.45, 2.75) is 32.1 Å². The molecule has 0 aliphatic heterocycles. The summed E-state index contributed by atoms with van der Waals surface area (Å²) in [4.78, 5) is 22.0. The lowest BCUT2D eigenvalue weighted by Crippen LogP contribution is -2.04. The lowest BCUT2D eigenvalue weighted by Gasteiger charge is -2.18. The Morgan fingerprint density at radius 3 is 3.23 bits per heavy atom. The Morgan fingerprint density at radius 2 is 2.41 bits per heavy atom. The van der Waals surface area contributed by atoms with Crippen molar-refractivity contribution in [3.8, 4) is 0 Å². The second-order valence-electron chi connectivity index (χ2n) is 5.57. The molecule has 0 bridgehead atoms. The fourth-order valence-electron chi connectivity index (χ4n) is 3.12. The van der Waals surface area contributed by atoms with Gasteiger partial charge in [-0.25, -0.2) is 19.3 Å². The normalized spacial score (nSPS) is 18.3. The summed E-state index contributed by atoms with van der Waals surface area (Å²) in [6.45, 7) is 2.25. The maximum atomic E-state index is 10.6. The zero-order chi connectivity index (χ0) is 15.3. The maximum absolute atomic E-state index is 10.6. The van der Waals surface area contributed by atoms with E-state index in [9.17, 15) is 4.79 Å². The molecular weight excluding hydrogens is 300 g/mol. The fraction of sp³-hybridized carbons (Fsp3) is 0.333. The molecule has 6 nitrogen and oxygen atoms in total. The number of thiophene rings is 1. The van der Waals surface area contributed by atoms with Crippen LogP contribution in [0.1, 0.15) is 41.9 Å². The molecule has 1 N–H and O–H groups in total. The van der Waals surface area contributed by atoms with Gasteiger partial charge in [0.2, 0.25) is 0 Å². The molecule has 3 aromatic rings. The molecule has 0 radical (unpaired) electrons. The Morgan fingerprint density at radius 1 is 1.55 bits per heavy atom. The van der Waals surface area contributed by atoms with Crippen LogP contribution in [-0.4, -0.2) is 30.7 Å². The summed E-state index contributed by atoms with van der Waals surface area (Å²) in [5, 5.41) is 14.1. The number of carboxylic acids is 1. The molecule has 0 spiro atoms. The van der Waals surface area contributed by atoms with Gasteiger partial charge in [0.1, 0.15) is 11.2 Å². The third-order valence-electron chi connectivity index (χ3n) is 4.07. The van der Waals surface area contributed by atoms with Crippen molar-refractivity contribution in [3.05, 3.63) is 28.7 Å². The van der Waals surface area contributed by atoms with Crippen molar-refractivity contribution in [1.29, 1.82) is 0 Å². The third kappa shape index (κ3) is 2.00. The summed E-state index contributed by atoms with van der Waals surface area (Å²) in [6, 6.07) is 0. The van der Waals surface area contributed by atoms with Gasteiger partial charge in [0.05, 0.1) is 5.39 Å². The second-order valence-corrected chi connectivity index (χ2v) is 6.65. The van der Waals surface area contributed by atoms with E-state index in [1.165, 1.54) is 29.4 Å². The predicted molar refractivity (Wildman–Crippen MR) is 84.2 cm³/mol. The number of rotatable bonds is 2. The van der Waals surface area contributed by atoms with E-state index in [4.69, 9.17) is 5.11 Å². The smallest absolute Gasteiger partial charge is 0.328 e. The van der Waals surface area contributed by atoms with E-state index in [-0.39, 0.29) is 0 Å². The van der Waals surface area contributed by atoms with E-state index in [1.807, 2.05) is 0 Å². The molecule has 3 heterocycles. The van der Waals surface area contributed by atoms with E-state index >= 15 is 0 Å². The monoisotopic (exact) mass is 314 g/mol. The van der Waals surface area contributed by atoms with Gasteiger partial charge in [0.15, 0.2) is 11.5 Å². The predicted octanol–water partition coefficient (Wildman–Crippen LogP) is 2.88. The van der Waals surface area contributed by atoms with Crippen molar-refractivity contribution >= 4 is 39.2 Å². The van der Waals surface area contributed by atoms with Crippen LogP contribution in [0.2, 0.25) is 0 Å². The summed E-state index contributed by atoms with van der Waals surface area (Å²) in [6.07, 6.45) is 7.60. The van der Waals surface area contributed by atoms with E-state index < -0.39 is 5.97 Å². The van der Waals surface area contributed by atoms with E-state index in [1.54, 1.807) is 22.2 Å². The number of carboxylic acid groups (broad SMARTS) is 1. The number of aromatic nitrogens is 4. The van der Waals surface area contributed by atoms with Gasteiger partial charge in [-0.15, -0.1) is 16.4 Å². The molecule has 112 valence electrons. The molecule has 1 aliphatic rings. The molecule has 0 saturated heterocycles. The molecular formula is C15H14N4O2S. The average molecular weight is 314 g/mol. The molecule has 7 heteroatoms. The minimum absolute atomic E-state index is 0.389. The van der Waals surface area contributed by atoms with Crippen LogP contribution in [0.15, 0.2) is 12.4 Å². The topological polar surface area (TPSA) is 80.4 Å². The zero-order valence-electron chi connectivity index (χ0n) is 12.0. The van der Waals surface area contributed by atoms with Crippen molar-refractivity contribution in [2.24, 2.45) is 0 Å². The first-order chi connectivity index (χ1) is 10.6. The Bertz CT molecular complexity index is 925. The van der Waals surface area contributed by atoms with Crippen LogP contribution in [0, 0.1) is 0 Å². The Balaban J connectivity index is 1.98. The third-order valence-corrected chi connectivity index (χ3v) is 5.24.